The van der Waals surface area contributed by atoms with E-state index in [-0.39, 0.29) is 11.5 Å². The summed E-state index contributed by atoms with van der Waals surface area (Å²) in [5.74, 6) is -0.735. The van der Waals surface area contributed by atoms with E-state index in [4.69, 9.17) is 11.6 Å². The van der Waals surface area contributed by atoms with Gasteiger partial charge in [0.2, 0.25) is 0 Å². The van der Waals surface area contributed by atoms with Crippen LogP contribution in [0.25, 0.3) is 10.2 Å². The van der Waals surface area contributed by atoms with Gasteiger partial charge in [-0.1, -0.05) is 41.1 Å². The number of halogens is 2. The number of piperazine rings is 1. The van der Waals surface area contributed by atoms with E-state index in [0.717, 1.165) is 15.3 Å². The average Bonchev–Trinajstić information content (AvgIpc) is 3.07. The third-order valence-electron chi connectivity index (χ3n) is 4.30. The molecule has 0 bridgehead atoms. The van der Waals surface area contributed by atoms with Crippen LogP contribution in [0.4, 0.5) is 9.52 Å². The summed E-state index contributed by atoms with van der Waals surface area (Å²) in [6.45, 7) is 2.41. The number of thiazole rings is 1. The Kier molecular flexibility index (Phi) is 4.31. The number of aromatic nitrogens is 1. The highest BCUT2D eigenvalue weighted by molar-refractivity contribution is 7.22. The first-order valence-electron chi connectivity index (χ1n) is 7.97. The minimum absolute atomic E-state index is 0.128. The maximum atomic E-state index is 13.8. The molecule has 0 saturated carbocycles. The van der Waals surface area contributed by atoms with Gasteiger partial charge in [-0.2, -0.15) is 0 Å². The number of carbonyl (C=O) groups excluding carboxylic acids is 1. The van der Waals surface area contributed by atoms with Gasteiger partial charge in [-0.05, 0) is 24.3 Å². The van der Waals surface area contributed by atoms with Crippen molar-refractivity contribution in [2.45, 2.75) is 0 Å². The molecule has 1 amide bonds. The Balaban J connectivity index is 1.48. The standard InChI is InChI=1S/C18H15ClFN3OS/c19-13-5-3-7-15-16(13)21-18(25-15)23-10-8-22(9-11-23)17(24)12-4-1-2-6-14(12)20/h1-7H,8-11H2. The third kappa shape index (κ3) is 3.07. The number of amides is 1. The van der Waals surface area contributed by atoms with E-state index in [1.54, 1.807) is 28.4 Å². The molecule has 4 nitrogen and oxygen atoms in total. The van der Waals surface area contributed by atoms with Gasteiger partial charge in [0.05, 0.1) is 15.3 Å². The molecular formula is C18H15ClFN3OS. The summed E-state index contributed by atoms with van der Waals surface area (Å²) in [5.41, 5.74) is 0.941. The van der Waals surface area contributed by atoms with E-state index < -0.39 is 5.82 Å². The fraction of sp³-hybridized carbons (Fsp3) is 0.222. The summed E-state index contributed by atoms with van der Waals surface area (Å²) in [5, 5.41) is 1.55. The van der Waals surface area contributed by atoms with E-state index in [1.807, 2.05) is 18.2 Å². The van der Waals surface area contributed by atoms with Crippen LogP contribution in [0.1, 0.15) is 10.4 Å². The molecule has 0 N–H and O–H groups in total. The highest BCUT2D eigenvalue weighted by atomic mass is 35.5. The molecule has 25 heavy (non-hydrogen) atoms. The smallest absolute Gasteiger partial charge is 0.256 e. The van der Waals surface area contributed by atoms with Crippen molar-refractivity contribution in [3.63, 3.8) is 0 Å². The Labute approximate surface area is 153 Å². The van der Waals surface area contributed by atoms with Gasteiger partial charge < -0.3 is 9.80 Å². The topological polar surface area (TPSA) is 36.4 Å². The van der Waals surface area contributed by atoms with E-state index >= 15 is 0 Å². The fourth-order valence-corrected chi connectivity index (χ4v) is 4.26. The molecule has 2 heterocycles. The number of benzene rings is 2. The summed E-state index contributed by atoms with van der Waals surface area (Å²) < 4.78 is 14.9. The molecule has 1 aromatic heterocycles. The average molecular weight is 376 g/mol. The summed E-state index contributed by atoms with van der Waals surface area (Å²) in [4.78, 5) is 20.9. The van der Waals surface area contributed by atoms with Gasteiger partial charge in [-0.15, -0.1) is 0 Å². The summed E-state index contributed by atoms with van der Waals surface area (Å²) >= 11 is 7.79. The number of nitrogens with zero attached hydrogens (tertiary/aromatic N) is 3. The van der Waals surface area contributed by atoms with E-state index in [0.29, 0.717) is 31.2 Å². The van der Waals surface area contributed by atoms with Crippen LogP contribution in [0.2, 0.25) is 5.02 Å². The molecule has 1 fully saturated rings. The molecule has 128 valence electrons. The molecule has 7 heteroatoms. The summed E-state index contributed by atoms with van der Waals surface area (Å²) in [7, 11) is 0. The molecule has 1 aliphatic rings. The number of rotatable bonds is 2. The molecule has 1 aliphatic heterocycles. The summed E-state index contributed by atoms with van der Waals surface area (Å²) in [6, 6.07) is 11.9. The normalized spacial score (nSPS) is 15.0. The predicted octanol–water partition coefficient (Wildman–Crippen LogP) is 4.05. The maximum Gasteiger partial charge on any atom is 0.256 e. The van der Waals surface area contributed by atoms with Crippen molar-refractivity contribution < 1.29 is 9.18 Å². The molecular weight excluding hydrogens is 361 g/mol. The number of carbonyl (C=O) groups is 1. The van der Waals surface area contributed by atoms with Crippen molar-refractivity contribution in [2.24, 2.45) is 0 Å². The molecule has 3 aromatic rings. The monoisotopic (exact) mass is 375 g/mol. The molecule has 0 spiro atoms. The molecule has 0 aliphatic carbocycles. The van der Waals surface area contributed by atoms with E-state index in [2.05, 4.69) is 9.88 Å². The molecule has 1 saturated heterocycles. The lowest BCUT2D eigenvalue weighted by Crippen LogP contribution is -2.49. The zero-order valence-corrected chi connectivity index (χ0v) is 14.9. The van der Waals surface area contributed by atoms with Crippen LogP contribution in [-0.2, 0) is 0 Å². The largest absolute Gasteiger partial charge is 0.345 e. The van der Waals surface area contributed by atoms with Gasteiger partial charge in [-0.3, -0.25) is 4.79 Å². The second kappa shape index (κ2) is 6.61. The molecule has 2 aromatic carbocycles. The van der Waals surface area contributed by atoms with Crippen LogP contribution in [0.15, 0.2) is 42.5 Å². The number of hydrogen-bond donors (Lipinski definition) is 0. The van der Waals surface area contributed by atoms with Crippen LogP contribution in [0.5, 0.6) is 0 Å². The van der Waals surface area contributed by atoms with Crippen molar-refractivity contribution >= 4 is 44.2 Å². The Morgan fingerprint density at radius 2 is 1.84 bits per heavy atom. The van der Waals surface area contributed by atoms with Crippen LogP contribution in [0, 0.1) is 5.82 Å². The first kappa shape index (κ1) is 16.3. The lowest BCUT2D eigenvalue weighted by atomic mass is 10.1. The number of fused-ring (bicyclic) bond motifs is 1. The lowest BCUT2D eigenvalue weighted by Gasteiger charge is -2.34. The van der Waals surface area contributed by atoms with Gasteiger partial charge in [0.1, 0.15) is 11.3 Å². The van der Waals surface area contributed by atoms with Gasteiger partial charge in [-0.25, -0.2) is 9.37 Å². The van der Waals surface area contributed by atoms with Crippen LogP contribution >= 0.6 is 22.9 Å². The Hall–Kier alpha value is -2.18. The third-order valence-corrected chi connectivity index (χ3v) is 5.69. The van der Waals surface area contributed by atoms with E-state index in [1.165, 1.54) is 12.1 Å². The second-order valence-electron chi connectivity index (χ2n) is 5.84. The lowest BCUT2D eigenvalue weighted by molar-refractivity contribution is 0.0742. The Morgan fingerprint density at radius 1 is 1.08 bits per heavy atom. The molecule has 0 radical (unpaired) electrons. The highest BCUT2D eigenvalue weighted by Crippen LogP contribution is 2.33. The first-order chi connectivity index (χ1) is 12.1. The van der Waals surface area contributed by atoms with Crippen molar-refractivity contribution in [3.8, 4) is 0 Å². The predicted molar refractivity (Wildman–Crippen MR) is 99.1 cm³/mol. The van der Waals surface area contributed by atoms with Crippen molar-refractivity contribution in [1.82, 2.24) is 9.88 Å². The van der Waals surface area contributed by atoms with Crippen LogP contribution < -0.4 is 4.90 Å². The zero-order chi connectivity index (χ0) is 17.4. The van der Waals surface area contributed by atoms with Gasteiger partial charge >= 0.3 is 0 Å². The number of para-hydroxylation sites is 1. The number of hydrogen-bond acceptors (Lipinski definition) is 4. The van der Waals surface area contributed by atoms with Gasteiger partial charge in [0.15, 0.2) is 5.13 Å². The Bertz CT molecular complexity index is 937. The summed E-state index contributed by atoms with van der Waals surface area (Å²) in [6.07, 6.45) is 0. The Morgan fingerprint density at radius 3 is 2.56 bits per heavy atom. The van der Waals surface area contributed by atoms with Crippen molar-refractivity contribution in [3.05, 3.63) is 58.9 Å². The molecule has 0 unspecified atom stereocenters. The van der Waals surface area contributed by atoms with E-state index in [9.17, 15) is 9.18 Å². The van der Waals surface area contributed by atoms with Crippen molar-refractivity contribution in [1.29, 1.82) is 0 Å². The van der Waals surface area contributed by atoms with Crippen molar-refractivity contribution in [2.75, 3.05) is 31.1 Å². The fourth-order valence-electron chi connectivity index (χ4n) is 2.94. The van der Waals surface area contributed by atoms with Gasteiger partial charge in [0, 0.05) is 26.2 Å². The molecule has 4 rings (SSSR count). The SMILES string of the molecule is O=C(c1ccccc1F)N1CCN(c2nc3c(Cl)cccc3s2)CC1. The zero-order valence-electron chi connectivity index (χ0n) is 13.3. The minimum atomic E-state index is -0.476. The highest BCUT2D eigenvalue weighted by Gasteiger charge is 2.25. The first-order valence-corrected chi connectivity index (χ1v) is 9.17. The van der Waals surface area contributed by atoms with Gasteiger partial charge in [0.25, 0.3) is 5.91 Å². The minimum Gasteiger partial charge on any atom is -0.345 e. The number of anilines is 1. The quantitative estimate of drug-likeness (QED) is 0.678. The van der Waals surface area contributed by atoms with Crippen LogP contribution in [0.3, 0.4) is 0 Å². The maximum absolute atomic E-state index is 13.8. The molecule has 0 atom stereocenters. The second-order valence-corrected chi connectivity index (χ2v) is 7.26. The van der Waals surface area contributed by atoms with Crippen LogP contribution in [-0.4, -0.2) is 42.0 Å².